The van der Waals surface area contributed by atoms with E-state index in [9.17, 15) is 4.79 Å². The Hall–Kier alpha value is -1.75. The molecule has 0 unspecified atom stereocenters. The molecule has 0 radical (unpaired) electrons. The number of hydrogen-bond donors (Lipinski definition) is 1. The third kappa shape index (κ3) is 2.25. The Balaban J connectivity index is 2.40. The molecule has 0 aliphatic carbocycles. The first-order chi connectivity index (χ1) is 7.69. The van der Waals surface area contributed by atoms with Crippen molar-refractivity contribution in [3.05, 3.63) is 30.2 Å². The SMILES string of the molecule is CSc1ccc2nc(/C=C/C(=O)O)oc2c1. The first-order valence-electron chi connectivity index (χ1n) is 4.54. The number of carbonyl (C=O) groups is 1. The molecule has 5 heteroatoms. The van der Waals surface area contributed by atoms with Crippen LogP contribution in [0, 0.1) is 0 Å². The third-order valence-electron chi connectivity index (χ3n) is 1.98. The number of benzene rings is 1. The van der Waals surface area contributed by atoms with Gasteiger partial charge in [0.2, 0.25) is 5.89 Å². The molecular weight excluding hydrogens is 226 g/mol. The van der Waals surface area contributed by atoms with E-state index in [1.165, 1.54) is 6.08 Å². The second-order valence-electron chi connectivity index (χ2n) is 3.06. The summed E-state index contributed by atoms with van der Waals surface area (Å²) >= 11 is 1.61. The number of carboxylic acid groups (broad SMARTS) is 1. The Kier molecular flexibility index (Phi) is 2.96. The molecule has 0 spiro atoms. The van der Waals surface area contributed by atoms with Crippen LogP contribution in [0.2, 0.25) is 0 Å². The molecule has 2 aromatic rings. The quantitative estimate of drug-likeness (QED) is 0.654. The fraction of sp³-hybridized carbons (Fsp3) is 0.0909. The molecule has 0 aliphatic heterocycles. The van der Waals surface area contributed by atoms with E-state index >= 15 is 0 Å². The summed E-state index contributed by atoms with van der Waals surface area (Å²) in [6, 6.07) is 5.67. The minimum absolute atomic E-state index is 0.302. The molecule has 0 bridgehead atoms. The van der Waals surface area contributed by atoms with Gasteiger partial charge in [0.1, 0.15) is 5.52 Å². The van der Waals surface area contributed by atoms with Gasteiger partial charge >= 0.3 is 5.97 Å². The molecular formula is C11H9NO3S. The molecule has 0 atom stereocenters. The number of oxazole rings is 1. The number of rotatable bonds is 3. The van der Waals surface area contributed by atoms with Gasteiger partial charge in [-0.1, -0.05) is 0 Å². The minimum Gasteiger partial charge on any atom is -0.478 e. The molecule has 4 nitrogen and oxygen atoms in total. The van der Waals surface area contributed by atoms with Gasteiger partial charge < -0.3 is 9.52 Å². The lowest BCUT2D eigenvalue weighted by atomic mass is 10.3. The monoisotopic (exact) mass is 235 g/mol. The lowest BCUT2D eigenvalue weighted by Crippen LogP contribution is -1.85. The molecule has 0 aliphatic rings. The van der Waals surface area contributed by atoms with Crippen LogP contribution in [-0.2, 0) is 4.79 Å². The number of hydrogen-bond acceptors (Lipinski definition) is 4. The van der Waals surface area contributed by atoms with E-state index < -0.39 is 5.97 Å². The number of thioether (sulfide) groups is 1. The third-order valence-corrected chi connectivity index (χ3v) is 2.71. The number of nitrogens with zero attached hydrogens (tertiary/aromatic N) is 1. The molecule has 1 N–H and O–H groups in total. The summed E-state index contributed by atoms with van der Waals surface area (Å²) in [7, 11) is 0. The lowest BCUT2D eigenvalue weighted by molar-refractivity contribution is -0.131. The zero-order valence-corrected chi connectivity index (χ0v) is 9.32. The van der Waals surface area contributed by atoms with Gasteiger partial charge in [-0.2, -0.15) is 0 Å². The van der Waals surface area contributed by atoms with Gasteiger partial charge in [-0.05, 0) is 24.5 Å². The standard InChI is InChI=1S/C11H9NO3S/c1-16-7-2-3-8-9(6-7)15-10(12-8)4-5-11(13)14/h2-6H,1H3,(H,13,14)/b5-4+. The second-order valence-corrected chi connectivity index (χ2v) is 3.94. The van der Waals surface area contributed by atoms with E-state index in [4.69, 9.17) is 9.52 Å². The molecule has 0 amide bonds. The summed E-state index contributed by atoms with van der Waals surface area (Å²) in [5.41, 5.74) is 1.39. The van der Waals surface area contributed by atoms with E-state index in [0.717, 1.165) is 16.5 Å². The number of aliphatic carboxylic acids is 1. The highest BCUT2D eigenvalue weighted by atomic mass is 32.2. The van der Waals surface area contributed by atoms with Crippen LogP contribution in [0.25, 0.3) is 17.2 Å². The molecule has 0 fully saturated rings. The highest BCUT2D eigenvalue weighted by Crippen LogP contribution is 2.22. The van der Waals surface area contributed by atoms with Gasteiger partial charge in [-0.15, -0.1) is 11.8 Å². The summed E-state index contributed by atoms with van der Waals surface area (Å²) in [6.45, 7) is 0. The maximum atomic E-state index is 10.3. The van der Waals surface area contributed by atoms with Crippen molar-refractivity contribution in [2.75, 3.05) is 6.26 Å². The molecule has 1 aromatic carbocycles. The predicted octanol–water partition coefficient (Wildman–Crippen LogP) is 2.65. The Morgan fingerprint density at radius 2 is 2.38 bits per heavy atom. The molecule has 1 aromatic heterocycles. The van der Waals surface area contributed by atoms with E-state index in [0.29, 0.717) is 11.5 Å². The largest absolute Gasteiger partial charge is 0.478 e. The molecule has 2 rings (SSSR count). The number of aromatic nitrogens is 1. The Bertz CT molecular complexity index is 559. The van der Waals surface area contributed by atoms with Crippen molar-refractivity contribution >= 4 is 34.9 Å². The first kappa shape index (κ1) is 10.8. The van der Waals surface area contributed by atoms with Crippen molar-refractivity contribution in [1.82, 2.24) is 4.98 Å². The highest BCUT2D eigenvalue weighted by Gasteiger charge is 2.04. The Labute approximate surface area is 96.0 Å². The molecule has 0 saturated carbocycles. The van der Waals surface area contributed by atoms with Crippen molar-refractivity contribution in [3.8, 4) is 0 Å². The number of fused-ring (bicyclic) bond motifs is 1. The van der Waals surface area contributed by atoms with Crippen LogP contribution in [0.15, 0.2) is 33.6 Å². The fourth-order valence-corrected chi connectivity index (χ4v) is 1.69. The molecule has 0 saturated heterocycles. The van der Waals surface area contributed by atoms with Crippen molar-refractivity contribution in [2.45, 2.75) is 4.90 Å². The smallest absolute Gasteiger partial charge is 0.328 e. The van der Waals surface area contributed by atoms with Crippen LogP contribution in [0.1, 0.15) is 5.89 Å². The average molecular weight is 235 g/mol. The zero-order valence-electron chi connectivity index (χ0n) is 8.51. The zero-order chi connectivity index (χ0) is 11.5. The van der Waals surface area contributed by atoms with E-state index in [-0.39, 0.29) is 0 Å². The minimum atomic E-state index is -1.02. The van der Waals surface area contributed by atoms with Gasteiger partial charge in [0.05, 0.1) is 0 Å². The van der Waals surface area contributed by atoms with Crippen LogP contribution < -0.4 is 0 Å². The van der Waals surface area contributed by atoms with Gasteiger partial charge in [0.15, 0.2) is 5.58 Å². The van der Waals surface area contributed by atoms with E-state index in [2.05, 4.69) is 4.98 Å². The summed E-state index contributed by atoms with van der Waals surface area (Å²) in [4.78, 5) is 15.5. The van der Waals surface area contributed by atoms with Crippen LogP contribution in [0.3, 0.4) is 0 Å². The Morgan fingerprint density at radius 1 is 1.56 bits per heavy atom. The maximum Gasteiger partial charge on any atom is 0.328 e. The topological polar surface area (TPSA) is 63.3 Å². The lowest BCUT2D eigenvalue weighted by Gasteiger charge is -1.92. The average Bonchev–Trinajstić information content (AvgIpc) is 2.67. The predicted molar refractivity (Wildman–Crippen MR) is 62.5 cm³/mol. The van der Waals surface area contributed by atoms with E-state index in [1.807, 2.05) is 24.5 Å². The molecule has 1 heterocycles. The Morgan fingerprint density at radius 3 is 3.06 bits per heavy atom. The van der Waals surface area contributed by atoms with Gasteiger partial charge in [-0.25, -0.2) is 9.78 Å². The van der Waals surface area contributed by atoms with Crippen LogP contribution in [0.4, 0.5) is 0 Å². The fourth-order valence-electron chi connectivity index (χ4n) is 1.26. The van der Waals surface area contributed by atoms with Crippen molar-refractivity contribution in [1.29, 1.82) is 0 Å². The molecule has 16 heavy (non-hydrogen) atoms. The maximum absolute atomic E-state index is 10.3. The van der Waals surface area contributed by atoms with Crippen molar-refractivity contribution < 1.29 is 14.3 Å². The summed E-state index contributed by atoms with van der Waals surface area (Å²) in [5, 5.41) is 8.47. The van der Waals surface area contributed by atoms with Gasteiger partial charge in [-0.3, -0.25) is 0 Å². The van der Waals surface area contributed by atoms with Crippen molar-refractivity contribution in [3.63, 3.8) is 0 Å². The normalized spacial score (nSPS) is 11.3. The van der Waals surface area contributed by atoms with Gasteiger partial charge in [0.25, 0.3) is 0 Å². The van der Waals surface area contributed by atoms with E-state index in [1.54, 1.807) is 11.8 Å². The molecule has 82 valence electrons. The van der Waals surface area contributed by atoms with Crippen molar-refractivity contribution in [2.24, 2.45) is 0 Å². The number of carboxylic acids is 1. The van der Waals surface area contributed by atoms with Crippen LogP contribution in [-0.4, -0.2) is 22.3 Å². The second kappa shape index (κ2) is 4.40. The highest BCUT2D eigenvalue weighted by molar-refractivity contribution is 7.98. The summed E-state index contributed by atoms with van der Waals surface area (Å²) in [6.07, 6.45) is 4.31. The van der Waals surface area contributed by atoms with Crippen LogP contribution >= 0.6 is 11.8 Å². The van der Waals surface area contributed by atoms with Gasteiger partial charge in [0, 0.05) is 17.0 Å². The summed E-state index contributed by atoms with van der Waals surface area (Å²) in [5.74, 6) is -0.720. The summed E-state index contributed by atoms with van der Waals surface area (Å²) < 4.78 is 5.39. The van der Waals surface area contributed by atoms with Crippen LogP contribution in [0.5, 0.6) is 0 Å². The first-order valence-corrected chi connectivity index (χ1v) is 5.77.